The normalized spacial score (nSPS) is 16.3. The van der Waals surface area contributed by atoms with E-state index in [1.807, 2.05) is 0 Å². The number of anilines is 2. The summed E-state index contributed by atoms with van der Waals surface area (Å²) in [6.07, 6.45) is 1.78. The third-order valence-corrected chi connectivity index (χ3v) is 3.53. The van der Waals surface area contributed by atoms with Gasteiger partial charge in [0.25, 0.3) is 0 Å². The Morgan fingerprint density at radius 1 is 1.35 bits per heavy atom. The standard InChI is InChI=1S/C13H22ClN5O/c1-2-3-10-17-12(14)11(15)13(18-10)16-4-5-19-6-8-20-9-7-19/h2-9,15H2,1H3,(H,16,17,18). The lowest BCUT2D eigenvalue weighted by molar-refractivity contribution is 0.0398. The van der Waals surface area contributed by atoms with Gasteiger partial charge in [0.05, 0.1) is 13.2 Å². The van der Waals surface area contributed by atoms with Crippen molar-refractivity contribution in [3.05, 3.63) is 11.0 Å². The first kappa shape index (κ1) is 15.3. The summed E-state index contributed by atoms with van der Waals surface area (Å²) in [6, 6.07) is 0. The quantitative estimate of drug-likeness (QED) is 0.774. The molecule has 6 nitrogen and oxygen atoms in total. The van der Waals surface area contributed by atoms with Crippen molar-refractivity contribution in [1.29, 1.82) is 0 Å². The van der Waals surface area contributed by atoms with Crippen molar-refractivity contribution in [2.45, 2.75) is 19.8 Å². The molecule has 7 heteroatoms. The average Bonchev–Trinajstić information content (AvgIpc) is 2.45. The van der Waals surface area contributed by atoms with E-state index in [1.54, 1.807) is 0 Å². The Morgan fingerprint density at radius 3 is 2.80 bits per heavy atom. The number of nitrogens with one attached hydrogen (secondary N) is 1. The van der Waals surface area contributed by atoms with Crippen LogP contribution in [0.2, 0.25) is 5.15 Å². The van der Waals surface area contributed by atoms with Gasteiger partial charge in [0, 0.05) is 32.6 Å². The number of halogens is 1. The molecule has 0 bridgehead atoms. The average molecular weight is 300 g/mol. The Balaban J connectivity index is 1.90. The second kappa shape index (κ2) is 7.61. The molecule has 0 aliphatic carbocycles. The van der Waals surface area contributed by atoms with E-state index in [2.05, 4.69) is 27.1 Å². The molecule has 2 heterocycles. The SMILES string of the molecule is CCCc1nc(Cl)c(N)c(NCCN2CCOCC2)n1. The fraction of sp³-hybridized carbons (Fsp3) is 0.692. The number of ether oxygens (including phenoxy) is 1. The van der Waals surface area contributed by atoms with Gasteiger partial charge in [-0.05, 0) is 6.42 Å². The Labute approximate surface area is 124 Å². The molecule has 1 aliphatic rings. The van der Waals surface area contributed by atoms with Crippen LogP contribution in [-0.4, -0.2) is 54.3 Å². The van der Waals surface area contributed by atoms with E-state index in [-0.39, 0.29) is 0 Å². The lowest BCUT2D eigenvalue weighted by atomic mass is 10.3. The number of aromatic nitrogens is 2. The van der Waals surface area contributed by atoms with Crippen LogP contribution in [0, 0.1) is 0 Å². The van der Waals surface area contributed by atoms with Crippen LogP contribution < -0.4 is 11.1 Å². The molecule has 0 saturated carbocycles. The van der Waals surface area contributed by atoms with Gasteiger partial charge in [0.2, 0.25) is 0 Å². The van der Waals surface area contributed by atoms with Crippen molar-refractivity contribution >= 4 is 23.1 Å². The highest BCUT2D eigenvalue weighted by molar-refractivity contribution is 6.32. The van der Waals surface area contributed by atoms with E-state index in [0.29, 0.717) is 16.7 Å². The Bertz CT molecular complexity index is 437. The second-order valence-electron chi connectivity index (χ2n) is 4.82. The molecule has 0 unspecified atom stereocenters. The lowest BCUT2D eigenvalue weighted by Gasteiger charge is -2.26. The molecule has 0 atom stereocenters. The van der Waals surface area contributed by atoms with E-state index in [9.17, 15) is 0 Å². The predicted octanol–water partition coefficient (Wildman–Crippen LogP) is 1.41. The second-order valence-corrected chi connectivity index (χ2v) is 5.18. The van der Waals surface area contributed by atoms with Gasteiger partial charge in [-0.2, -0.15) is 0 Å². The van der Waals surface area contributed by atoms with E-state index in [0.717, 1.165) is 58.1 Å². The van der Waals surface area contributed by atoms with Gasteiger partial charge in [-0.25, -0.2) is 9.97 Å². The summed E-state index contributed by atoms with van der Waals surface area (Å²) in [5.41, 5.74) is 6.34. The minimum absolute atomic E-state index is 0.331. The van der Waals surface area contributed by atoms with Crippen molar-refractivity contribution in [2.75, 3.05) is 50.4 Å². The van der Waals surface area contributed by atoms with Crippen LogP contribution in [-0.2, 0) is 11.2 Å². The van der Waals surface area contributed by atoms with Gasteiger partial charge in [-0.3, -0.25) is 4.90 Å². The zero-order chi connectivity index (χ0) is 14.4. The van der Waals surface area contributed by atoms with Crippen LogP contribution in [0.3, 0.4) is 0 Å². The molecule has 0 amide bonds. The number of hydrogen-bond donors (Lipinski definition) is 2. The van der Waals surface area contributed by atoms with E-state index in [4.69, 9.17) is 22.1 Å². The summed E-state index contributed by atoms with van der Waals surface area (Å²) in [4.78, 5) is 11.0. The zero-order valence-electron chi connectivity index (χ0n) is 11.9. The number of nitrogen functional groups attached to an aromatic ring is 1. The summed E-state index contributed by atoms with van der Waals surface area (Å²) in [6.45, 7) is 7.37. The van der Waals surface area contributed by atoms with Crippen LogP contribution in [0.25, 0.3) is 0 Å². The van der Waals surface area contributed by atoms with E-state index in [1.165, 1.54) is 0 Å². The Kier molecular flexibility index (Phi) is 5.82. The molecule has 0 aromatic carbocycles. The fourth-order valence-electron chi connectivity index (χ4n) is 2.11. The highest BCUT2D eigenvalue weighted by atomic mass is 35.5. The van der Waals surface area contributed by atoms with Crippen LogP contribution >= 0.6 is 11.6 Å². The van der Waals surface area contributed by atoms with Gasteiger partial charge in [-0.15, -0.1) is 0 Å². The topological polar surface area (TPSA) is 76.3 Å². The number of hydrogen-bond acceptors (Lipinski definition) is 6. The molecular formula is C13H22ClN5O. The fourth-order valence-corrected chi connectivity index (χ4v) is 2.30. The maximum absolute atomic E-state index is 6.04. The van der Waals surface area contributed by atoms with E-state index >= 15 is 0 Å². The van der Waals surface area contributed by atoms with Crippen LogP contribution in [0.1, 0.15) is 19.2 Å². The van der Waals surface area contributed by atoms with Crippen molar-refractivity contribution < 1.29 is 4.74 Å². The monoisotopic (exact) mass is 299 g/mol. The third kappa shape index (κ3) is 4.19. The zero-order valence-corrected chi connectivity index (χ0v) is 12.6. The minimum atomic E-state index is 0.331. The molecule has 1 aromatic heterocycles. The van der Waals surface area contributed by atoms with E-state index < -0.39 is 0 Å². The minimum Gasteiger partial charge on any atom is -0.393 e. The molecule has 112 valence electrons. The van der Waals surface area contributed by atoms with Crippen LogP contribution in [0.4, 0.5) is 11.5 Å². The molecule has 20 heavy (non-hydrogen) atoms. The first-order chi connectivity index (χ1) is 9.70. The highest BCUT2D eigenvalue weighted by Crippen LogP contribution is 2.23. The number of nitrogens with zero attached hydrogens (tertiary/aromatic N) is 3. The number of morpholine rings is 1. The smallest absolute Gasteiger partial charge is 0.157 e. The van der Waals surface area contributed by atoms with Crippen molar-refractivity contribution in [3.8, 4) is 0 Å². The third-order valence-electron chi connectivity index (χ3n) is 3.24. The van der Waals surface area contributed by atoms with Gasteiger partial charge in [-0.1, -0.05) is 18.5 Å². The maximum atomic E-state index is 6.04. The van der Waals surface area contributed by atoms with Crippen LogP contribution in [0.15, 0.2) is 0 Å². The molecule has 1 fully saturated rings. The highest BCUT2D eigenvalue weighted by Gasteiger charge is 2.12. The molecule has 2 rings (SSSR count). The molecule has 0 radical (unpaired) electrons. The van der Waals surface area contributed by atoms with Gasteiger partial charge in [0.15, 0.2) is 11.0 Å². The van der Waals surface area contributed by atoms with Crippen LogP contribution in [0.5, 0.6) is 0 Å². The van der Waals surface area contributed by atoms with Gasteiger partial charge in [0.1, 0.15) is 11.5 Å². The molecule has 1 aliphatic heterocycles. The molecule has 1 saturated heterocycles. The summed E-state index contributed by atoms with van der Waals surface area (Å²) in [5.74, 6) is 1.38. The van der Waals surface area contributed by atoms with Crippen molar-refractivity contribution in [3.63, 3.8) is 0 Å². The Hall–Kier alpha value is -1.11. The summed E-state index contributed by atoms with van der Waals surface area (Å²) in [5, 5.41) is 3.59. The maximum Gasteiger partial charge on any atom is 0.157 e. The molecular weight excluding hydrogens is 278 g/mol. The molecule has 0 spiro atoms. The van der Waals surface area contributed by atoms with Gasteiger partial charge >= 0.3 is 0 Å². The van der Waals surface area contributed by atoms with Crippen molar-refractivity contribution in [1.82, 2.24) is 14.9 Å². The largest absolute Gasteiger partial charge is 0.393 e. The number of rotatable bonds is 6. The van der Waals surface area contributed by atoms with Crippen molar-refractivity contribution in [2.24, 2.45) is 0 Å². The molecule has 1 aromatic rings. The van der Waals surface area contributed by atoms with Gasteiger partial charge < -0.3 is 15.8 Å². The lowest BCUT2D eigenvalue weighted by Crippen LogP contribution is -2.39. The first-order valence-electron chi connectivity index (χ1n) is 7.06. The summed E-state index contributed by atoms with van der Waals surface area (Å²) in [7, 11) is 0. The number of nitrogens with two attached hydrogens (primary N) is 1. The number of aryl methyl sites for hydroxylation is 1. The summed E-state index contributed by atoms with van der Waals surface area (Å²) >= 11 is 6.04. The summed E-state index contributed by atoms with van der Waals surface area (Å²) < 4.78 is 5.32. The first-order valence-corrected chi connectivity index (χ1v) is 7.44. The Morgan fingerprint density at radius 2 is 2.10 bits per heavy atom. The predicted molar refractivity (Wildman–Crippen MR) is 81.2 cm³/mol. The molecule has 3 N–H and O–H groups in total.